The second-order valence-electron chi connectivity index (χ2n) is 5.27. The van der Waals surface area contributed by atoms with Crippen LogP contribution in [0.3, 0.4) is 0 Å². The van der Waals surface area contributed by atoms with Crippen LogP contribution in [0.1, 0.15) is 44.7 Å². The van der Waals surface area contributed by atoms with E-state index in [1.165, 1.54) is 0 Å². The number of nitrogens with two attached hydrogens (primary N) is 1. The molecular formula is C15H22N2O3. The zero-order valence-corrected chi connectivity index (χ0v) is 12.0. The summed E-state index contributed by atoms with van der Waals surface area (Å²) in [5, 5.41) is 2.98. The third-order valence-corrected chi connectivity index (χ3v) is 3.34. The van der Waals surface area contributed by atoms with Crippen molar-refractivity contribution in [3.05, 3.63) is 23.8 Å². The van der Waals surface area contributed by atoms with E-state index in [9.17, 15) is 4.79 Å². The van der Waals surface area contributed by atoms with Crippen molar-refractivity contribution in [2.24, 2.45) is 5.73 Å². The largest absolute Gasteiger partial charge is 0.454 e. The van der Waals surface area contributed by atoms with Crippen LogP contribution in [0.15, 0.2) is 18.2 Å². The first-order valence-electron chi connectivity index (χ1n) is 7.00. The molecule has 2 unspecified atom stereocenters. The number of carbonyl (C=O) groups is 1. The molecule has 1 aliphatic heterocycles. The second kappa shape index (κ2) is 6.61. The molecule has 1 aromatic rings. The number of hydrogen-bond donors (Lipinski definition) is 2. The highest BCUT2D eigenvalue weighted by atomic mass is 16.7. The van der Waals surface area contributed by atoms with Gasteiger partial charge in [-0.2, -0.15) is 0 Å². The lowest BCUT2D eigenvalue weighted by atomic mass is 10.1. The Kier molecular flexibility index (Phi) is 4.84. The van der Waals surface area contributed by atoms with Gasteiger partial charge in [-0.1, -0.05) is 6.07 Å². The van der Waals surface area contributed by atoms with Crippen molar-refractivity contribution >= 4 is 5.91 Å². The second-order valence-corrected chi connectivity index (χ2v) is 5.27. The van der Waals surface area contributed by atoms with Gasteiger partial charge >= 0.3 is 0 Å². The molecule has 0 fully saturated rings. The van der Waals surface area contributed by atoms with Crippen molar-refractivity contribution in [3.8, 4) is 11.5 Å². The molecular weight excluding hydrogens is 256 g/mol. The van der Waals surface area contributed by atoms with Gasteiger partial charge in [-0.25, -0.2) is 0 Å². The Labute approximate surface area is 119 Å². The van der Waals surface area contributed by atoms with E-state index in [1.54, 1.807) is 0 Å². The van der Waals surface area contributed by atoms with E-state index in [1.807, 2.05) is 32.0 Å². The lowest BCUT2D eigenvalue weighted by Gasteiger charge is -2.15. The fourth-order valence-electron chi connectivity index (χ4n) is 2.16. The van der Waals surface area contributed by atoms with Gasteiger partial charge in [0.1, 0.15) is 0 Å². The first-order valence-corrected chi connectivity index (χ1v) is 7.00. The average Bonchev–Trinajstić information content (AvgIpc) is 2.85. The van der Waals surface area contributed by atoms with Gasteiger partial charge < -0.3 is 20.5 Å². The van der Waals surface area contributed by atoms with E-state index >= 15 is 0 Å². The summed E-state index contributed by atoms with van der Waals surface area (Å²) in [6.07, 6.45) is 2.19. The molecule has 0 bridgehead atoms. The third-order valence-electron chi connectivity index (χ3n) is 3.34. The SMILES string of the molecule is CC(N)CCCC(=O)NC(C)c1ccc2c(c1)OCO2. The van der Waals surface area contributed by atoms with Crippen LogP contribution in [0.25, 0.3) is 0 Å². The molecule has 1 heterocycles. The van der Waals surface area contributed by atoms with Crippen molar-refractivity contribution in [1.82, 2.24) is 5.32 Å². The predicted octanol–water partition coefficient (Wildman–Crippen LogP) is 2.11. The summed E-state index contributed by atoms with van der Waals surface area (Å²) >= 11 is 0. The summed E-state index contributed by atoms with van der Waals surface area (Å²) in [5.74, 6) is 1.54. The first kappa shape index (κ1) is 14.7. The molecule has 2 rings (SSSR count). The molecule has 0 saturated heterocycles. The van der Waals surface area contributed by atoms with E-state index in [-0.39, 0.29) is 24.8 Å². The van der Waals surface area contributed by atoms with Crippen LogP contribution in [0.2, 0.25) is 0 Å². The molecule has 110 valence electrons. The van der Waals surface area contributed by atoms with Gasteiger partial charge in [-0.05, 0) is 44.4 Å². The number of hydrogen-bond acceptors (Lipinski definition) is 4. The van der Waals surface area contributed by atoms with Crippen LogP contribution < -0.4 is 20.5 Å². The predicted molar refractivity (Wildman–Crippen MR) is 76.6 cm³/mol. The number of fused-ring (bicyclic) bond motifs is 1. The molecule has 0 radical (unpaired) electrons. The van der Waals surface area contributed by atoms with Gasteiger partial charge in [-0.3, -0.25) is 4.79 Å². The number of benzene rings is 1. The van der Waals surface area contributed by atoms with E-state index in [0.717, 1.165) is 29.9 Å². The topological polar surface area (TPSA) is 73.6 Å². The minimum absolute atomic E-state index is 0.0488. The van der Waals surface area contributed by atoms with Crippen molar-refractivity contribution in [2.75, 3.05) is 6.79 Å². The van der Waals surface area contributed by atoms with E-state index in [4.69, 9.17) is 15.2 Å². The molecule has 0 saturated carbocycles. The molecule has 20 heavy (non-hydrogen) atoms. The number of amides is 1. The Morgan fingerprint density at radius 2 is 2.10 bits per heavy atom. The fraction of sp³-hybridized carbons (Fsp3) is 0.533. The molecule has 5 nitrogen and oxygen atoms in total. The summed E-state index contributed by atoms with van der Waals surface area (Å²) in [6, 6.07) is 5.83. The number of nitrogens with one attached hydrogen (secondary N) is 1. The zero-order chi connectivity index (χ0) is 14.5. The van der Waals surface area contributed by atoms with Gasteiger partial charge in [0.05, 0.1) is 6.04 Å². The van der Waals surface area contributed by atoms with Crippen molar-refractivity contribution in [2.45, 2.75) is 45.2 Å². The van der Waals surface area contributed by atoms with Crippen molar-refractivity contribution in [1.29, 1.82) is 0 Å². The van der Waals surface area contributed by atoms with Crippen LogP contribution in [-0.4, -0.2) is 18.7 Å². The molecule has 0 spiro atoms. The van der Waals surface area contributed by atoms with Crippen molar-refractivity contribution in [3.63, 3.8) is 0 Å². The highest BCUT2D eigenvalue weighted by molar-refractivity contribution is 5.76. The molecule has 0 aliphatic carbocycles. The van der Waals surface area contributed by atoms with Crippen LogP contribution in [0, 0.1) is 0 Å². The van der Waals surface area contributed by atoms with Crippen LogP contribution in [0.5, 0.6) is 11.5 Å². The smallest absolute Gasteiger partial charge is 0.231 e. The molecule has 1 aromatic carbocycles. The zero-order valence-electron chi connectivity index (χ0n) is 12.0. The molecule has 3 N–H and O–H groups in total. The summed E-state index contributed by atoms with van der Waals surface area (Å²) in [5.41, 5.74) is 6.67. The lowest BCUT2D eigenvalue weighted by molar-refractivity contribution is -0.121. The molecule has 5 heteroatoms. The number of ether oxygens (including phenoxy) is 2. The van der Waals surface area contributed by atoms with Gasteiger partial charge in [-0.15, -0.1) is 0 Å². The monoisotopic (exact) mass is 278 g/mol. The van der Waals surface area contributed by atoms with Crippen molar-refractivity contribution < 1.29 is 14.3 Å². The summed E-state index contributed by atoms with van der Waals surface area (Å²) in [7, 11) is 0. The van der Waals surface area contributed by atoms with E-state index in [0.29, 0.717) is 6.42 Å². The Bertz CT molecular complexity index is 474. The summed E-state index contributed by atoms with van der Waals surface area (Å²) < 4.78 is 10.6. The maximum atomic E-state index is 11.8. The number of rotatable bonds is 6. The molecule has 1 amide bonds. The van der Waals surface area contributed by atoms with Gasteiger partial charge in [0.2, 0.25) is 12.7 Å². The minimum Gasteiger partial charge on any atom is -0.454 e. The van der Waals surface area contributed by atoms with Crippen LogP contribution in [0.4, 0.5) is 0 Å². The van der Waals surface area contributed by atoms with Crippen LogP contribution in [-0.2, 0) is 4.79 Å². The Morgan fingerprint density at radius 1 is 1.35 bits per heavy atom. The van der Waals surface area contributed by atoms with Gasteiger partial charge in [0.25, 0.3) is 0 Å². The quantitative estimate of drug-likeness (QED) is 0.836. The summed E-state index contributed by atoms with van der Waals surface area (Å²) in [6.45, 7) is 4.17. The van der Waals surface area contributed by atoms with E-state index < -0.39 is 0 Å². The maximum Gasteiger partial charge on any atom is 0.231 e. The number of carbonyl (C=O) groups excluding carboxylic acids is 1. The minimum atomic E-state index is -0.0488. The highest BCUT2D eigenvalue weighted by Crippen LogP contribution is 2.34. The lowest BCUT2D eigenvalue weighted by Crippen LogP contribution is -2.26. The fourth-order valence-corrected chi connectivity index (χ4v) is 2.16. The average molecular weight is 278 g/mol. The van der Waals surface area contributed by atoms with Gasteiger partial charge in [0.15, 0.2) is 11.5 Å². The Hall–Kier alpha value is -1.75. The van der Waals surface area contributed by atoms with Gasteiger partial charge in [0, 0.05) is 12.5 Å². The standard InChI is InChI=1S/C15H22N2O3/c1-10(16)4-3-5-15(18)17-11(2)12-6-7-13-14(8-12)20-9-19-13/h6-8,10-11H,3-5,9,16H2,1-2H3,(H,17,18). The van der Waals surface area contributed by atoms with E-state index in [2.05, 4.69) is 5.32 Å². The molecule has 0 aromatic heterocycles. The summed E-state index contributed by atoms with van der Waals surface area (Å²) in [4.78, 5) is 11.8. The molecule has 2 atom stereocenters. The molecule has 1 aliphatic rings. The Balaban J connectivity index is 1.85. The maximum absolute atomic E-state index is 11.8. The first-order chi connectivity index (χ1) is 9.56. The Morgan fingerprint density at radius 3 is 2.85 bits per heavy atom. The highest BCUT2D eigenvalue weighted by Gasteiger charge is 2.16. The third kappa shape index (κ3) is 3.87. The normalized spacial score (nSPS) is 15.8. The van der Waals surface area contributed by atoms with Crippen LogP contribution >= 0.6 is 0 Å².